The van der Waals surface area contributed by atoms with Crippen LogP contribution in [0.5, 0.6) is 0 Å². The van der Waals surface area contributed by atoms with Crippen molar-refractivity contribution in [3.8, 4) is 0 Å². The summed E-state index contributed by atoms with van der Waals surface area (Å²) in [5, 5.41) is 0. The van der Waals surface area contributed by atoms with Gasteiger partial charge in [0.05, 0.1) is 0 Å². The summed E-state index contributed by atoms with van der Waals surface area (Å²) in [5.41, 5.74) is 2.14. The molecule has 0 radical (unpaired) electrons. The molecule has 112 valence electrons. The maximum Gasteiger partial charge on any atom is 0.145 e. The quantitative estimate of drug-likeness (QED) is 0.808. The minimum atomic E-state index is -0.252. The predicted molar refractivity (Wildman–Crippen MR) is 89.0 cm³/mol. The molecule has 2 aromatic rings. The summed E-state index contributed by atoms with van der Waals surface area (Å²) < 4.78 is 0. The Labute approximate surface area is 131 Å². The standard InChI is InChI=1S/C19H20N2O/c1-14(2)21-17(13-22)18(15-9-5-3-6-10-15)20-19(21)16-11-7-4-8-12-16/h3-14,17-18H,1-2H3. The number of nitrogens with zero attached hydrogens (tertiary/aromatic N) is 2. The van der Waals surface area contributed by atoms with Gasteiger partial charge in [0, 0.05) is 11.6 Å². The molecular weight excluding hydrogens is 272 g/mol. The van der Waals surface area contributed by atoms with E-state index in [0.717, 1.165) is 23.2 Å². The van der Waals surface area contributed by atoms with Crippen molar-refractivity contribution in [1.29, 1.82) is 0 Å². The van der Waals surface area contributed by atoms with Gasteiger partial charge in [-0.05, 0) is 19.4 Å². The van der Waals surface area contributed by atoms with E-state index >= 15 is 0 Å². The van der Waals surface area contributed by atoms with Crippen LogP contribution in [0.15, 0.2) is 65.7 Å². The lowest BCUT2D eigenvalue weighted by Gasteiger charge is -2.30. The Morgan fingerprint density at radius 2 is 1.59 bits per heavy atom. The van der Waals surface area contributed by atoms with Gasteiger partial charge in [0.2, 0.25) is 0 Å². The molecule has 0 bridgehead atoms. The third-order valence-electron chi connectivity index (χ3n) is 4.02. The molecule has 2 aromatic carbocycles. The summed E-state index contributed by atoms with van der Waals surface area (Å²) in [4.78, 5) is 18.8. The van der Waals surface area contributed by atoms with E-state index in [1.807, 2.05) is 60.7 Å². The van der Waals surface area contributed by atoms with Crippen molar-refractivity contribution < 1.29 is 4.79 Å². The largest absolute Gasteiger partial charge is 0.342 e. The Hall–Kier alpha value is -2.42. The normalized spacial score (nSPS) is 21.0. The number of aldehydes is 1. The second-order valence-electron chi connectivity index (χ2n) is 5.80. The van der Waals surface area contributed by atoms with Gasteiger partial charge in [0.25, 0.3) is 0 Å². The fraction of sp³-hybridized carbons (Fsp3) is 0.263. The molecule has 0 saturated carbocycles. The molecule has 0 N–H and O–H groups in total. The number of carbonyl (C=O) groups is 1. The van der Waals surface area contributed by atoms with Crippen molar-refractivity contribution in [3.63, 3.8) is 0 Å². The minimum absolute atomic E-state index is 0.142. The molecule has 1 aliphatic heterocycles. The Bertz CT molecular complexity index is 664. The average molecular weight is 292 g/mol. The molecule has 3 nitrogen and oxygen atoms in total. The van der Waals surface area contributed by atoms with Gasteiger partial charge in [-0.2, -0.15) is 0 Å². The number of rotatable bonds is 4. The first kappa shape index (κ1) is 14.5. The van der Waals surface area contributed by atoms with E-state index in [-0.39, 0.29) is 18.1 Å². The highest BCUT2D eigenvalue weighted by molar-refractivity contribution is 6.02. The van der Waals surface area contributed by atoms with Crippen molar-refractivity contribution in [3.05, 3.63) is 71.8 Å². The van der Waals surface area contributed by atoms with Gasteiger partial charge in [-0.1, -0.05) is 60.7 Å². The van der Waals surface area contributed by atoms with Crippen molar-refractivity contribution in [2.75, 3.05) is 0 Å². The van der Waals surface area contributed by atoms with Gasteiger partial charge in [-0.15, -0.1) is 0 Å². The van der Waals surface area contributed by atoms with Crippen molar-refractivity contribution in [2.24, 2.45) is 4.99 Å². The lowest BCUT2D eigenvalue weighted by Crippen LogP contribution is -2.43. The zero-order valence-corrected chi connectivity index (χ0v) is 12.9. The molecule has 0 saturated heterocycles. The highest BCUT2D eigenvalue weighted by Crippen LogP contribution is 2.33. The first-order valence-corrected chi connectivity index (χ1v) is 7.64. The highest BCUT2D eigenvalue weighted by atomic mass is 16.1. The lowest BCUT2D eigenvalue weighted by molar-refractivity contribution is -0.111. The van der Waals surface area contributed by atoms with Crippen LogP contribution in [-0.2, 0) is 4.79 Å². The fourth-order valence-electron chi connectivity index (χ4n) is 3.03. The summed E-state index contributed by atoms with van der Waals surface area (Å²) in [6, 6.07) is 19.9. The van der Waals surface area contributed by atoms with E-state index in [4.69, 9.17) is 4.99 Å². The van der Waals surface area contributed by atoms with Crippen LogP contribution in [0.4, 0.5) is 0 Å². The van der Waals surface area contributed by atoms with Crippen LogP contribution in [0, 0.1) is 0 Å². The molecule has 3 rings (SSSR count). The summed E-state index contributed by atoms with van der Waals surface area (Å²) in [5.74, 6) is 0.904. The first-order chi connectivity index (χ1) is 10.7. The number of carbonyl (C=O) groups excluding carboxylic acids is 1. The monoisotopic (exact) mass is 292 g/mol. The zero-order chi connectivity index (χ0) is 15.5. The topological polar surface area (TPSA) is 32.7 Å². The molecule has 22 heavy (non-hydrogen) atoms. The molecule has 2 atom stereocenters. The van der Waals surface area contributed by atoms with Crippen molar-refractivity contribution >= 4 is 12.1 Å². The number of amidine groups is 1. The van der Waals surface area contributed by atoms with E-state index in [0.29, 0.717) is 0 Å². The van der Waals surface area contributed by atoms with Gasteiger partial charge in [0.1, 0.15) is 24.2 Å². The number of hydrogen-bond acceptors (Lipinski definition) is 3. The molecule has 0 amide bonds. The van der Waals surface area contributed by atoms with Crippen LogP contribution in [0.1, 0.15) is 31.0 Å². The van der Waals surface area contributed by atoms with E-state index in [1.165, 1.54) is 0 Å². The van der Waals surface area contributed by atoms with Crippen LogP contribution in [0.3, 0.4) is 0 Å². The van der Waals surface area contributed by atoms with E-state index in [9.17, 15) is 4.79 Å². The Kier molecular flexibility index (Phi) is 4.05. The molecule has 0 spiro atoms. The minimum Gasteiger partial charge on any atom is -0.342 e. The van der Waals surface area contributed by atoms with Gasteiger partial charge in [-0.25, -0.2) is 0 Å². The molecular formula is C19H20N2O. The summed E-state index contributed by atoms with van der Waals surface area (Å²) in [6.45, 7) is 4.20. The Morgan fingerprint density at radius 3 is 2.14 bits per heavy atom. The lowest BCUT2D eigenvalue weighted by atomic mass is 10.0. The molecule has 1 heterocycles. The number of aliphatic imine (C=N–C) groups is 1. The van der Waals surface area contributed by atoms with Crippen molar-refractivity contribution in [1.82, 2.24) is 4.90 Å². The number of hydrogen-bond donors (Lipinski definition) is 0. The summed E-state index contributed by atoms with van der Waals surface area (Å²) >= 11 is 0. The molecule has 3 heteroatoms. The molecule has 2 unspecified atom stereocenters. The van der Waals surface area contributed by atoms with Crippen LogP contribution >= 0.6 is 0 Å². The smallest absolute Gasteiger partial charge is 0.145 e. The Balaban J connectivity index is 2.08. The highest BCUT2D eigenvalue weighted by Gasteiger charge is 2.38. The fourth-order valence-corrected chi connectivity index (χ4v) is 3.03. The summed E-state index contributed by atoms with van der Waals surface area (Å²) in [6.07, 6.45) is 1.02. The maximum absolute atomic E-state index is 11.8. The van der Waals surface area contributed by atoms with Gasteiger partial charge in [-0.3, -0.25) is 4.99 Å². The van der Waals surface area contributed by atoms with Gasteiger partial charge >= 0.3 is 0 Å². The van der Waals surface area contributed by atoms with Crippen LogP contribution in [0.2, 0.25) is 0 Å². The second-order valence-corrected chi connectivity index (χ2v) is 5.80. The molecule has 0 aliphatic carbocycles. The predicted octanol–water partition coefficient (Wildman–Crippen LogP) is 3.47. The molecule has 1 aliphatic rings. The third kappa shape index (κ3) is 2.54. The zero-order valence-electron chi connectivity index (χ0n) is 12.9. The van der Waals surface area contributed by atoms with Gasteiger partial charge < -0.3 is 9.69 Å². The molecule has 0 fully saturated rings. The van der Waals surface area contributed by atoms with E-state index < -0.39 is 0 Å². The maximum atomic E-state index is 11.8. The summed E-state index contributed by atoms with van der Waals surface area (Å²) in [7, 11) is 0. The van der Waals surface area contributed by atoms with Crippen LogP contribution < -0.4 is 0 Å². The number of benzene rings is 2. The average Bonchev–Trinajstić information content (AvgIpc) is 2.96. The Morgan fingerprint density at radius 1 is 1.00 bits per heavy atom. The molecule has 0 aromatic heterocycles. The van der Waals surface area contributed by atoms with Crippen LogP contribution in [-0.4, -0.2) is 29.1 Å². The second kappa shape index (κ2) is 6.14. The van der Waals surface area contributed by atoms with Gasteiger partial charge in [0.15, 0.2) is 0 Å². The van der Waals surface area contributed by atoms with Crippen molar-refractivity contribution in [2.45, 2.75) is 32.0 Å². The van der Waals surface area contributed by atoms with E-state index in [2.05, 4.69) is 18.7 Å². The first-order valence-electron chi connectivity index (χ1n) is 7.64. The third-order valence-corrected chi connectivity index (χ3v) is 4.02. The van der Waals surface area contributed by atoms with Crippen LogP contribution in [0.25, 0.3) is 0 Å². The van der Waals surface area contributed by atoms with E-state index in [1.54, 1.807) is 0 Å². The SMILES string of the molecule is CC(C)N1C(c2ccccc2)=NC(c2ccccc2)C1C=O.